The molecule has 3 nitrogen and oxygen atoms in total. The molecule has 0 spiro atoms. The van der Waals surface area contributed by atoms with Crippen LogP contribution in [0.25, 0.3) is 10.6 Å². The van der Waals surface area contributed by atoms with Gasteiger partial charge < -0.3 is 9.73 Å². The minimum absolute atomic E-state index is 0.673. The zero-order valence-corrected chi connectivity index (χ0v) is 13.0. The zero-order chi connectivity index (χ0) is 13.0. The van der Waals surface area contributed by atoms with Crippen LogP contribution in [0.1, 0.15) is 19.7 Å². The van der Waals surface area contributed by atoms with Crippen molar-refractivity contribution in [3.63, 3.8) is 0 Å². The molecule has 2 heterocycles. The molecule has 0 saturated carbocycles. The SMILES string of the molecule is CC(C)CNCCc1ncc(-c2sccc2Br)o1. The van der Waals surface area contributed by atoms with Gasteiger partial charge in [0.2, 0.25) is 0 Å². The number of hydrogen-bond donors (Lipinski definition) is 1. The molecule has 0 aliphatic carbocycles. The van der Waals surface area contributed by atoms with Crippen molar-refractivity contribution in [2.75, 3.05) is 13.1 Å². The van der Waals surface area contributed by atoms with Crippen molar-refractivity contribution in [1.29, 1.82) is 0 Å². The largest absolute Gasteiger partial charge is 0.440 e. The van der Waals surface area contributed by atoms with E-state index in [0.717, 1.165) is 40.5 Å². The Morgan fingerprint density at radius 1 is 1.50 bits per heavy atom. The van der Waals surface area contributed by atoms with Crippen molar-refractivity contribution in [3.05, 3.63) is 28.0 Å². The van der Waals surface area contributed by atoms with Crippen LogP contribution < -0.4 is 5.32 Å². The molecule has 5 heteroatoms. The highest BCUT2D eigenvalue weighted by atomic mass is 79.9. The number of thiophene rings is 1. The van der Waals surface area contributed by atoms with E-state index >= 15 is 0 Å². The second-order valence-electron chi connectivity index (χ2n) is 4.56. The molecule has 0 atom stereocenters. The van der Waals surface area contributed by atoms with Crippen molar-refractivity contribution in [2.45, 2.75) is 20.3 Å². The summed E-state index contributed by atoms with van der Waals surface area (Å²) in [6, 6.07) is 2.02. The maximum Gasteiger partial charge on any atom is 0.196 e. The fourth-order valence-corrected chi connectivity index (χ4v) is 3.10. The van der Waals surface area contributed by atoms with Gasteiger partial charge in [-0.3, -0.25) is 0 Å². The van der Waals surface area contributed by atoms with Crippen LogP contribution in [0.5, 0.6) is 0 Å². The van der Waals surface area contributed by atoms with Crippen LogP contribution in [0.2, 0.25) is 0 Å². The first kappa shape index (κ1) is 13.8. The first-order chi connectivity index (χ1) is 8.66. The minimum Gasteiger partial charge on any atom is -0.440 e. The van der Waals surface area contributed by atoms with Gasteiger partial charge in [0.05, 0.1) is 11.1 Å². The van der Waals surface area contributed by atoms with E-state index in [-0.39, 0.29) is 0 Å². The van der Waals surface area contributed by atoms with Gasteiger partial charge in [0, 0.05) is 17.4 Å². The standard InChI is InChI=1S/C13H17BrN2OS/c1-9(2)7-15-5-3-12-16-8-11(17-12)13-10(14)4-6-18-13/h4,6,8-9,15H,3,5,7H2,1-2H3. The van der Waals surface area contributed by atoms with Gasteiger partial charge >= 0.3 is 0 Å². The van der Waals surface area contributed by atoms with Crippen LogP contribution in [0.3, 0.4) is 0 Å². The second kappa shape index (κ2) is 6.50. The van der Waals surface area contributed by atoms with E-state index in [1.807, 2.05) is 11.4 Å². The highest BCUT2D eigenvalue weighted by molar-refractivity contribution is 9.10. The number of hydrogen-bond acceptors (Lipinski definition) is 4. The fraction of sp³-hybridized carbons (Fsp3) is 0.462. The average molecular weight is 329 g/mol. The Morgan fingerprint density at radius 3 is 3.00 bits per heavy atom. The van der Waals surface area contributed by atoms with Crippen LogP contribution in [0.15, 0.2) is 26.5 Å². The number of nitrogens with one attached hydrogen (secondary N) is 1. The molecule has 0 aliphatic heterocycles. The van der Waals surface area contributed by atoms with Gasteiger partial charge in [0.1, 0.15) is 0 Å². The van der Waals surface area contributed by atoms with Gasteiger partial charge in [-0.05, 0) is 39.8 Å². The molecule has 18 heavy (non-hydrogen) atoms. The zero-order valence-electron chi connectivity index (χ0n) is 10.6. The molecule has 0 radical (unpaired) electrons. The quantitative estimate of drug-likeness (QED) is 0.816. The van der Waals surface area contributed by atoms with Crippen molar-refractivity contribution in [3.8, 4) is 10.6 Å². The molecule has 0 amide bonds. The molecular weight excluding hydrogens is 312 g/mol. The number of nitrogens with zero attached hydrogens (tertiary/aromatic N) is 1. The highest BCUT2D eigenvalue weighted by Crippen LogP contribution is 2.33. The van der Waals surface area contributed by atoms with E-state index in [1.54, 1.807) is 17.5 Å². The van der Waals surface area contributed by atoms with Crippen molar-refractivity contribution in [1.82, 2.24) is 10.3 Å². The van der Waals surface area contributed by atoms with Crippen LogP contribution in [-0.2, 0) is 6.42 Å². The van der Waals surface area contributed by atoms with Crippen LogP contribution in [-0.4, -0.2) is 18.1 Å². The van der Waals surface area contributed by atoms with Crippen LogP contribution >= 0.6 is 27.3 Å². The second-order valence-corrected chi connectivity index (χ2v) is 6.33. The maximum absolute atomic E-state index is 5.75. The van der Waals surface area contributed by atoms with Crippen LogP contribution in [0, 0.1) is 5.92 Å². The lowest BCUT2D eigenvalue weighted by Gasteiger charge is -2.05. The van der Waals surface area contributed by atoms with Crippen molar-refractivity contribution < 1.29 is 4.42 Å². The third-order valence-electron chi connectivity index (χ3n) is 2.46. The van der Waals surface area contributed by atoms with Gasteiger partial charge in [-0.25, -0.2) is 4.98 Å². The van der Waals surface area contributed by atoms with E-state index in [4.69, 9.17) is 4.42 Å². The number of aromatic nitrogens is 1. The number of halogens is 1. The van der Waals surface area contributed by atoms with Crippen molar-refractivity contribution >= 4 is 27.3 Å². The van der Waals surface area contributed by atoms with E-state index in [1.165, 1.54) is 0 Å². The molecule has 98 valence electrons. The van der Waals surface area contributed by atoms with Crippen molar-refractivity contribution in [2.24, 2.45) is 5.92 Å². The summed E-state index contributed by atoms with van der Waals surface area (Å²) in [6.45, 7) is 6.34. The predicted octanol–water partition coefficient (Wildman–Crippen LogP) is 3.95. The third-order valence-corrected chi connectivity index (χ3v) is 4.32. The van der Waals surface area contributed by atoms with Gasteiger partial charge in [-0.15, -0.1) is 11.3 Å². The Hall–Kier alpha value is -0.650. The molecule has 0 unspecified atom stereocenters. The first-order valence-electron chi connectivity index (χ1n) is 6.05. The summed E-state index contributed by atoms with van der Waals surface area (Å²) >= 11 is 5.15. The molecule has 0 bridgehead atoms. The average Bonchev–Trinajstić information content (AvgIpc) is 2.92. The number of oxazole rings is 1. The molecule has 2 rings (SSSR count). The molecule has 2 aromatic heterocycles. The van der Waals surface area contributed by atoms with Gasteiger partial charge in [0.15, 0.2) is 11.7 Å². The first-order valence-corrected chi connectivity index (χ1v) is 7.73. The minimum atomic E-state index is 0.673. The van der Waals surface area contributed by atoms with E-state index < -0.39 is 0 Å². The van der Waals surface area contributed by atoms with Gasteiger partial charge in [-0.2, -0.15) is 0 Å². The smallest absolute Gasteiger partial charge is 0.196 e. The van der Waals surface area contributed by atoms with E-state index in [2.05, 4.69) is 40.1 Å². The third kappa shape index (κ3) is 3.67. The molecule has 1 N–H and O–H groups in total. The summed E-state index contributed by atoms with van der Waals surface area (Å²) in [5, 5.41) is 5.42. The topological polar surface area (TPSA) is 38.1 Å². The van der Waals surface area contributed by atoms with Crippen LogP contribution in [0.4, 0.5) is 0 Å². The maximum atomic E-state index is 5.75. The molecule has 2 aromatic rings. The summed E-state index contributed by atoms with van der Waals surface area (Å²) in [5.41, 5.74) is 0. The summed E-state index contributed by atoms with van der Waals surface area (Å²) in [5.74, 6) is 2.31. The Kier molecular flexibility index (Phi) is 4.97. The highest BCUT2D eigenvalue weighted by Gasteiger charge is 2.10. The predicted molar refractivity (Wildman–Crippen MR) is 78.9 cm³/mol. The Morgan fingerprint density at radius 2 is 2.33 bits per heavy atom. The normalized spacial score (nSPS) is 11.3. The summed E-state index contributed by atoms with van der Waals surface area (Å²) < 4.78 is 6.81. The lowest BCUT2D eigenvalue weighted by atomic mass is 10.2. The van der Waals surface area contributed by atoms with E-state index in [0.29, 0.717) is 5.92 Å². The van der Waals surface area contributed by atoms with Gasteiger partial charge in [0.25, 0.3) is 0 Å². The number of rotatable bonds is 6. The lowest BCUT2D eigenvalue weighted by Crippen LogP contribution is -2.22. The molecular formula is C13H17BrN2OS. The molecule has 0 saturated heterocycles. The molecule has 0 aliphatic rings. The lowest BCUT2D eigenvalue weighted by molar-refractivity contribution is 0.483. The Labute approximate surface area is 120 Å². The van der Waals surface area contributed by atoms with E-state index in [9.17, 15) is 0 Å². The Bertz CT molecular complexity index is 493. The molecule has 0 fully saturated rings. The van der Waals surface area contributed by atoms with Gasteiger partial charge in [-0.1, -0.05) is 13.8 Å². The molecule has 0 aromatic carbocycles. The monoisotopic (exact) mass is 328 g/mol. The summed E-state index contributed by atoms with van der Waals surface area (Å²) in [6.07, 6.45) is 2.63. The summed E-state index contributed by atoms with van der Waals surface area (Å²) in [4.78, 5) is 5.41. The Balaban J connectivity index is 1.89. The summed E-state index contributed by atoms with van der Waals surface area (Å²) in [7, 11) is 0. The fourth-order valence-electron chi connectivity index (χ4n) is 1.59.